The van der Waals surface area contributed by atoms with Crippen molar-refractivity contribution in [1.82, 2.24) is 10.2 Å². The topological polar surface area (TPSA) is 75.7 Å². The minimum absolute atomic E-state index is 0.0236. The fraction of sp³-hybridized carbons (Fsp3) is 0.571. The predicted octanol–water partition coefficient (Wildman–Crippen LogP) is -0.899. The van der Waals surface area contributed by atoms with Crippen LogP contribution in [-0.2, 0) is 14.3 Å². The number of esters is 1. The van der Waals surface area contributed by atoms with Gasteiger partial charge in [0.15, 0.2) is 0 Å². The second-order valence-electron chi connectivity index (χ2n) is 2.60. The van der Waals surface area contributed by atoms with Gasteiger partial charge in [0.1, 0.15) is 6.54 Å². The molecule has 6 heteroatoms. The third-order valence-electron chi connectivity index (χ3n) is 1.68. The van der Waals surface area contributed by atoms with Crippen LogP contribution in [0.3, 0.4) is 0 Å². The van der Waals surface area contributed by atoms with E-state index < -0.39 is 12.0 Å². The van der Waals surface area contributed by atoms with Gasteiger partial charge in [0.05, 0.1) is 13.5 Å². The molecule has 0 atom stereocenters. The van der Waals surface area contributed by atoms with Crippen molar-refractivity contribution in [3.8, 4) is 0 Å². The number of ether oxygens (including phenoxy) is 1. The van der Waals surface area contributed by atoms with Gasteiger partial charge in [0, 0.05) is 6.54 Å². The minimum atomic E-state index is -0.450. The van der Waals surface area contributed by atoms with Crippen LogP contribution in [0.4, 0.5) is 4.79 Å². The molecule has 1 N–H and O–H groups in total. The van der Waals surface area contributed by atoms with Crippen LogP contribution in [0.5, 0.6) is 0 Å². The lowest BCUT2D eigenvalue weighted by Crippen LogP contribution is -2.30. The average Bonchev–Trinajstić information content (AvgIpc) is 2.41. The highest BCUT2D eigenvalue weighted by molar-refractivity contribution is 6.01. The Bertz CT molecular complexity index is 251. The molecule has 0 aromatic heterocycles. The van der Waals surface area contributed by atoms with Crippen molar-refractivity contribution in [3.63, 3.8) is 0 Å². The Kier molecular flexibility index (Phi) is 2.84. The van der Waals surface area contributed by atoms with Gasteiger partial charge in [-0.05, 0) is 0 Å². The van der Waals surface area contributed by atoms with Crippen LogP contribution in [0.25, 0.3) is 0 Å². The van der Waals surface area contributed by atoms with E-state index in [1.54, 1.807) is 0 Å². The zero-order chi connectivity index (χ0) is 9.84. The molecule has 1 fully saturated rings. The smallest absolute Gasteiger partial charge is 0.324 e. The summed E-state index contributed by atoms with van der Waals surface area (Å²) in [4.78, 5) is 33.6. The zero-order valence-electron chi connectivity index (χ0n) is 7.20. The minimum Gasteiger partial charge on any atom is -0.469 e. The number of nitrogens with zero attached hydrogens (tertiary/aromatic N) is 1. The van der Waals surface area contributed by atoms with Crippen LogP contribution in [0, 0.1) is 0 Å². The lowest BCUT2D eigenvalue weighted by Gasteiger charge is -2.10. The first-order valence-electron chi connectivity index (χ1n) is 3.79. The monoisotopic (exact) mass is 186 g/mol. The van der Waals surface area contributed by atoms with E-state index in [0.717, 1.165) is 0 Å². The van der Waals surface area contributed by atoms with Gasteiger partial charge in [-0.15, -0.1) is 0 Å². The molecule has 1 saturated heterocycles. The van der Waals surface area contributed by atoms with E-state index in [2.05, 4.69) is 10.1 Å². The van der Waals surface area contributed by atoms with Gasteiger partial charge < -0.3 is 9.64 Å². The highest BCUT2D eigenvalue weighted by atomic mass is 16.5. The van der Waals surface area contributed by atoms with Gasteiger partial charge in [-0.2, -0.15) is 0 Å². The number of amides is 3. The van der Waals surface area contributed by atoms with Crippen LogP contribution in [0.15, 0.2) is 0 Å². The predicted molar refractivity (Wildman–Crippen MR) is 41.7 cm³/mol. The molecule has 6 nitrogen and oxygen atoms in total. The van der Waals surface area contributed by atoms with Crippen LogP contribution < -0.4 is 5.32 Å². The van der Waals surface area contributed by atoms with Gasteiger partial charge in [-0.3, -0.25) is 14.9 Å². The standard InChI is InChI=1S/C7H10N2O4/c1-13-6(11)2-3-9-4-5(10)8-7(9)12/h2-4H2,1H3,(H,8,10,12). The molecule has 13 heavy (non-hydrogen) atoms. The van der Waals surface area contributed by atoms with Crippen molar-refractivity contribution in [1.29, 1.82) is 0 Å². The number of methoxy groups -OCH3 is 1. The summed E-state index contributed by atoms with van der Waals surface area (Å²) in [7, 11) is 1.28. The quantitative estimate of drug-likeness (QED) is 0.458. The summed E-state index contributed by atoms with van der Waals surface area (Å²) in [5.41, 5.74) is 0. The van der Waals surface area contributed by atoms with Gasteiger partial charge in [0.2, 0.25) is 5.91 Å². The normalized spacial score (nSPS) is 15.9. The van der Waals surface area contributed by atoms with E-state index in [0.29, 0.717) is 0 Å². The second kappa shape index (κ2) is 3.88. The van der Waals surface area contributed by atoms with Crippen molar-refractivity contribution in [2.24, 2.45) is 0 Å². The van der Waals surface area contributed by atoms with Crippen LogP contribution in [-0.4, -0.2) is 43.0 Å². The molecule has 1 aliphatic heterocycles. The molecular weight excluding hydrogens is 176 g/mol. The Morgan fingerprint density at radius 1 is 1.62 bits per heavy atom. The number of hydrogen-bond acceptors (Lipinski definition) is 4. The summed E-state index contributed by atoms with van der Waals surface area (Å²) in [6.45, 7) is 0.236. The number of nitrogens with one attached hydrogen (secondary N) is 1. The SMILES string of the molecule is COC(=O)CCN1CC(=O)NC1=O. The third kappa shape index (κ3) is 2.43. The number of carbonyl (C=O) groups excluding carboxylic acids is 3. The van der Waals surface area contributed by atoms with Gasteiger partial charge in [0.25, 0.3) is 0 Å². The molecule has 1 rings (SSSR count). The molecule has 0 aromatic carbocycles. The first kappa shape index (κ1) is 9.50. The third-order valence-corrected chi connectivity index (χ3v) is 1.68. The fourth-order valence-electron chi connectivity index (χ4n) is 0.992. The Balaban J connectivity index is 2.33. The highest BCUT2D eigenvalue weighted by Crippen LogP contribution is 1.99. The van der Waals surface area contributed by atoms with Crippen molar-refractivity contribution in [2.75, 3.05) is 20.2 Å². The fourth-order valence-corrected chi connectivity index (χ4v) is 0.992. The van der Waals surface area contributed by atoms with E-state index >= 15 is 0 Å². The van der Waals surface area contributed by atoms with E-state index in [1.807, 2.05) is 0 Å². The van der Waals surface area contributed by atoms with Gasteiger partial charge in [-0.25, -0.2) is 4.79 Å². The lowest BCUT2D eigenvalue weighted by molar-refractivity contribution is -0.140. The number of carbonyl (C=O) groups is 3. The molecule has 0 spiro atoms. The highest BCUT2D eigenvalue weighted by Gasteiger charge is 2.26. The molecule has 0 radical (unpaired) electrons. The van der Waals surface area contributed by atoms with Gasteiger partial charge >= 0.3 is 12.0 Å². The Morgan fingerprint density at radius 3 is 2.77 bits per heavy atom. The summed E-state index contributed by atoms with van der Waals surface area (Å²) in [5, 5.41) is 2.10. The van der Waals surface area contributed by atoms with Crippen LogP contribution >= 0.6 is 0 Å². The summed E-state index contributed by atoms with van der Waals surface area (Å²) in [5.74, 6) is -0.734. The molecule has 1 aliphatic rings. The maximum atomic E-state index is 10.9. The number of imide groups is 1. The maximum Gasteiger partial charge on any atom is 0.324 e. The first-order valence-corrected chi connectivity index (χ1v) is 3.79. The largest absolute Gasteiger partial charge is 0.469 e. The van der Waals surface area contributed by atoms with Gasteiger partial charge in [-0.1, -0.05) is 0 Å². The van der Waals surface area contributed by atoms with E-state index in [4.69, 9.17) is 0 Å². The lowest BCUT2D eigenvalue weighted by atomic mass is 10.4. The summed E-state index contributed by atoms with van der Waals surface area (Å²) in [6, 6.07) is -0.450. The molecule has 0 aliphatic carbocycles. The summed E-state index contributed by atoms with van der Waals surface area (Å²) >= 11 is 0. The maximum absolute atomic E-state index is 10.9. The number of hydrogen-bond donors (Lipinski definition) is 1. The average molecular weight is 186 g/mol. The molecular formula is C7H10N2O4. The number of rotatable bonds is 3. The molecule has 0 unspecified atom stereocenters. The van der Waals surface area contributed by atoms with Crippen molar-refractivity contribution in [2.45, 2.75) is 6.42 Å². The Hall–Kier alpha value is -1.59. The molecule has 72 valence electrons. The Labute approximate surface area is 74.8 Å². The van der Waals surface area contributed by atoms with Crippen LogP contribution in [0.1, 0.15) is 6.42 Å². The first-order chi connectivity index (χ1) is 6.13. The van der Waals surface area contributed by atoms with E-state index in [-0.39, 0.29) is 25.4 Å². The van der Waals surface area contributed by atoms with Crippen molar-refractivity contribution >= 4 is 17.9 Å². The molecule has 0 bridgehead atoms. The summed E-state index contributed by atoms with van der Waals surface area (Å²) < 4.78 is 4.39. The summed E-state index contributed by atoms with van der Waals surface area (Å²) in [6.07, 6.45) is 0.108. The van der Waals surface area contributed by atoms with E-state index in [9.17, 15) is 14.4 Å². The Morgan fingerprint density at radius 2 is 2.31 bits per heavy atom. The molecule has 1 heterocycles. The van der Waals surface area contributed by atoms with Crippen molar-refractivity contribution < 1.29 is 19.1 Å². The molecule has 0 saturated carbocycles. The molecule has 3 amide bonds. The van der Waals surface area contributed by atoms with E-state index in [1.165, 1.54) is 12.0 Å². The zero-order valence-corrected chi connectivity index (χ0v) is 7.20. The number of urea groups is 1. The van der Waals surface area contributed by atoms with Crippen LogP contribution in [0.2, 0.25) is 0 Å². The molecule has 0 aromatic rings. The van der Waals surface area contributed by atoms with Crippen molar-refractivity contribution in [3.05, 3.63) is 0 Å². The second-order valence-corrected chi connectivity index (χ2v) is 2.60.